The van der Waals surface area contributed by atoms with E-state index in [9.17, 15) is 9.59 Å². The number of aryl methyl sites for hydroxylation is 2. The van der Waals surface area contributed by atoms with E-state index in [0.29, 0.717) is 23.5 Å². The molecule has 5 heteroatoms. The van der Waals surface area contributed by atoms with E-state index in [2.05, 4.69) is 17.9 Å². The molecule has 0 aromatic heterocycles. The van der Waals surface area contributed by atoms with E-state index in [4.69, 9.17) is 0 Å². The molecule has 4 nitrogen and oxygen atoms in total. The van der Waals surface area contributed by atoms with Gasteiger partial charge in [0.2, 0.25) is 0 Å². The highest BCUT2D eigenvalue weighted by atomic mass is 32.1. The van der Waals surface area contributed by atoms with Crippen molar-refractivity contribution in [3.63, 3.8) is 0 Å². The second kappa shape index (κ2) is 7.96. The van der Waals surface area contributed by atoms with Gasteiger partial charge in [0.25, 0.3) is 11.8 Å². The van der Waals surface area contributed by atoms with Gasteiger partial charge in [-0.15, -0.1) is 12.6 Å². The molecule has 0 unspecified atom stereocenters. The number of nitrogens with one attached hydrogen (secondary N) is 1. The minimum Gasteiger partial charge on any atom is -0.349 e. The fraction of sp³-hybridized carbons (Fsp3) is 0.333. The van der Waals surface area contributed by atoms with Gasteiger partial charge in [-0.25, -0.2) is 0 Å². The molecule has 0 aliphatic carbocycles. The third-order valence-electron chi connectivity index (χ3n) is 5.02. The van der Waals surface area contributed by atoms with E-state index < -0.39 is 0 Å². The van der Waals surface area contributed by atoms with Crippen LogP contribution in [0, 0.1) is 13.8 Å². The lowest BCUT2D eigenvalue weighted by Crippen LogP contribution is -2.46. The molecule has 0 bridgehead atoms. The summed E-state index contributed by atoms with van der Waals surface area (Å²) in [5.41, 5.74) is 3.64. The summed E-state index contributed by atoms with van der Waals surface area (Å²) in [5.74, 6) is -0.0342. The number of likely N-dealkylation sites (tertiary alicyclic amines) is 1. The maximum Gasteiger partial charge on any atom is 0.253 e. The molecular formula is C21H24N2O2S. The maximum atomic E-state index is 12.7. The molecule has 0 radical (unpaired) electrons. The van der Waals surface area contributed by atoms with Gasteiger partial charge < -0.3 is 10.2 Å². The molecular weight excluding hydrogens is 344 g/mol. The van der Waals surface area contributed by atoms with Crippen LogP contribution in [0.15, 0.2) is 47.4 Å². The van der Waals surface area contributed by atoms with Gasteiger partial charge in [0, 0.05) is 29.6 Å². The van der Waals surface area contributed by atoms with Crippen LogP contribution in [-0.2, 0) is 0 Å². The maximum absolute atomic E-state index is 12.7. The lowest BCUT2D eigenvalue weighted by Gasteiger charge is -2.32. The molecule has 1 N–H and O–H groups in total. The minimum atomic E-state index is -0.102. The Morgan fingerprint density at radius 1 is 1.04 bits per heavy atom. The van der Waals surface area contributed by atoms with Gasteiger partial charge in [0.05, 0.1) is 5.56 Å². The van der Waals surface area contributed by atoms with Crippen LogP contribution in [-0.4, -0.2) is 35.8 Å². The Hall–Kier alpha value is -2.27. The van der Waals surface area contributed by atoms with E-state index in [1.54, 1.807) is 6.07 Å². The quantitative estimate of drug-likeness (QED) is 0.813. The van der Waals surface area contributed by atoms with E-state index in [-0.39, 0.29) is 17.9 Å². The van der Waals surface area contributed by atoms with Crippen LogP contribution in [0.4, 0.5) is 0 Å². The number of piperidine rings is 1. The highest BCUT2D eigenvalue weighted by molar-refractivity contribution is 7.80. The van der Waals surface area contributed by atoms with Crippen LogP contribution in [0.2, 0.25) is 0 Å². The summed E-state index contributed by atoms with van der Waals surface area (Å²) in [7, 11) is 0. The van der Waals surface area contributed by atoms with Crippen molar-refractivity contribution in [3.8, 4) is 0 Å². The van der Waals surface area contributed by atoms with Crippen molar-refractivity contribution in [2.24, 2.45) is 0 Å². The second-order valence-electron chi connectivity index (χ2n) is 6.86. The Kier molecular flexibility index (Phi) is 5.67. The third-order valence-corrected chi connectivity index (χ3v) is 5.41. The third kappa shape index (κ3) is 4.10. The van der Waals surface area contributed by atoms with Crippen LogP contribution >= 0.6 is 12.6 Å². The van der Waals surface area contributed by atoms with Crippen LogP contribution in [0.1, 0.15) is 44.7 Å². The van der Waals surface area contributed by atoms with Gasteiger partial charge in [-0.2, -0.15) is 0 Å². The molecule has 0 atom stereocenters. The Balaban J connectivity index is 1.57. The van der Waals surface area contributed by atoms with Crippen molar-refractivity contribution in [1.82, 2.24) is 10.2 Å². The Morgan fingerprint density at radius 2 is 1.73 bits per heavy atom. The molecule has 0 spiro atoms. The molecule has 26 heavy (non-hydrogen) atoms. The first kappa shape index (κ1) is 18.5. The number of carbonyl (C=O) groups excluding carboxylic acids is 2. The first-order chi connectivity index (χ1) is 12.5. The summed E-state index contributed by atoms with van der Waals surface area (Å²) in [6.07, 6.45) is 1.52. The lowest BCUT2D eigenvalue weighted by atomic mass is 10.0. The van der Waals surface area contributed by atoms with Gasteiger partial charge in [-0.1, -0.05) is 18.2 Å². The molecule has 1 saturated heterocycles. The van der Waals surface area contributed by atoms with Crippen molar-refractivity contribution >= 4 is 24.4 Å². The van der Waals surface area contributed by atoms with Gasteiger partial charge in [0.1, 0.15) is 0 Å². The van der Waals surface area contributed by atoms with E-state index in [1.807, 2.05) is 55.1 Å². The zero-order valence-corrected chi connectivity index (χ0v) is 16.1. The van der Waals surface area contributed by atoms with Gasteiger partial charge in [0.15, 0.2) is 0 Å². The van der Waals surface area contributed by atoms with Crippen LogP contribution in [0.3, 0.4) is 0 Å². The standard InChI is InChI=1S/C21H24N2O2S/c1-14-7-8-16(13-15(14)2)21(25)23-11-9-17(10-12-23)22-20(24)18-5-3-4-6-19(18)26/h3-8,13,17,26H,9-12H2,1-2H3,(H,22,24). The molecule has 3 rings (SSSR count). The highest BCUT2D eigenvalue weighted by Crippen LogP contribution is 2.18. The molecule has 1 fully saturated rings. The number of rotatable bonds is 3. The number of benzene rings is 2. The number of hydrogen-bond donors (Lipinski definition) is 2. The Bertz CT molecular complexity index is 827. The summed E-state index contributed by atoms with van der Waals surface area (Å²) in [4.78, 5) is 27.6. The van der Waals surface area contributed by atoms with Crippen molar-refractivity contribution < 1.29 is 9.59 Å². The predicted octanol–water partition coefficient (Wildman–Crippen LogP) is 3.63. The zero-order valence-electron chi connectivity index (χ0n) is 15.2. The number of thiol groups is 1. The summed E-state index contributed by atoms with van der Waals surface area (Å²) in [6.45, 7) is 5.37. The summed E-state index contributed by atoms with van der Waals surface area (Å²) in [5, 5.41) is 3.07. The fourth-order valence-corrected chi connectivity index (χ4v) is 3.47. The first-order valence-electron chi connectivity index (χ1n) is 8.91. The van der Waals surface area contributed by atoms with Crippen molar-refractivity contribution in [3.05, 3.63) is 64.7 Å². The summed E-state index contributed by atoms with van der Waals surface area (Å²) in [6, 6.07) is 13.2. The Labute approximate surface area is 160 Å². The smallest absolute Gasteiger partial charge is 0.253 e. The SMILES string of the molecule is Cc1ccc(C(=O)N2CCC(NC(=O)c3ccccc3S)CC2)cc1C. The molecule has 1 aliphatic rings. The monoisotopic (exact) mass is 368 g/mol. The normalized spacial score (nSPS) is 15.0. The van der Waals surface area contributed by atoms with E-state index >= 15 is 0 Å². The van der Waals surface area contributed by atoms with Crippen molar-refractivity contribution in [2.75, 3.05) is 13.1 Å². The topological polar surface area (TPSA) is 49.4 Å². The lowest BCUT2D eigenvalue weighted by molar-refractivity contribution is 0.0698. The average Bonchev–Trinajstić information content (AvgIpc) is 2.64. The second-order valence-corrected chi connectivity index (χ2v) is 7.34. The molecule has 0 saturated carbocycles. The summed E-state index contributed by atoms with van der Waals surface area (Å²) >= 11 is 4.34. The number of hydrogen-bond acceptors (Lipinski definition) is 3. The number of amides is 2. The molecule has 2 amide bonds. The molecule has 1 aliphatic heterocycles. The molecule has 2 aromatic rings. The summed E-state index contributed by atoms with van der Waals surface area (Å²) < 4.78 is 0. The number of nitrogens with zero attached hydrogens (tertiary/aromatic N) is 1. The van der Waals surface area contributed by atoms with Crippen molar-refractivity contribution in [2.45, 2.75) is 37.6 Å². The van der Waals surface area contributed by atoms with E-state index in [0.717, 1.165) is 24.0 Å². The van der Waals surface area contributed by atoms with Gasteiger partial charge >= 0.3 is 0 Å². The molecule has 136 valence electrons. The van der Waals surface area contributed by atoms with Gasteiger partial charge in [-0.3, -0.25) is 9.59 Å². The first-order valence-corrected chi connectivity index (χ1v) is 9.36. The zero-order chi connectivity index (χ0) is 18.7. The van der Waals surface area contributed by atoms with E-state index in [1.165, 1.54) is 5.56 Å². The predicted molar refractivity (Wildman–Crippen MR) is 106 cm³/mol. The minimum absolute atomic E-state index is 0.0681. The largest absolute Gasteiger partial charge is 0.349 e. The molecule has 2 aromatic carbocycles. The Morgan fingerprint density at radius 3 is 2.38 bits per heavy atom. The highest BCUT2D eigenvalue weighted by Gasteiger charge is 2.25. The molecule has 1 heterocycles. The van der Waals surface area contributed by atoms with Gasteiger partial charge in [-0.05, 0) is 62.1 Å². The van der Waals surface area contributed by atoms with Crippen LogP contribution in [0.5, 0.6) is 0 Å². The average molecular weight is 369 g/mol. The van der Waals surface area contributed by atoms with Crippen LogP contribution < -0.4 is 5.32 Å². The van der Waals surface area contributed by atoms with Crippen LogP contribution in [0.25, 0.3) is 0 Å². The number of carbonyl (C=O) groups is 2. The van der Waals surface area contributed by atoms with Crippen molar-refractivity contribution in [1.29, 1.82) is 0 Å². The fourth-order valence-electron chi connectivity index (χ4n) is 3.21.